The maximum atomic E-state index is 15.0. The Bertz CT molecular complexity index is 1760. The molecule has 2 aromatic carbocycles. The first-order valence-electron chi connectivity index (χ1n) is 10.8. The lowest BCUT2D eigenvalue weighted by atomic mass is 10.0. The Morgan fingerprint density at radius 3 is 2.44 bits per heavy atom. The van der Waals surface area contributed by atoms with Crippen molar-refractivity contribution < 1.29 is 17.6 Å². The zero-order chi connectivity index (χ0) is 25.0. The molecule has 7 nitrogen and oxygen atoms in total. The van der Waals surface area contributed by atoms with Crippen LogP contribution in [-0.4, -0.2) is 34.7 Å². The molecule has 178 valence electrons. The van der Waals surface area contributed by atoms with E-state index < -0.39 is 18.1 Å². The standard InChI is InChI=1S/C25H15F4N7/c1-12-34-22-15(25-32-11-33-35-25)8-14(13-4-6-30-18(9-13)24(28)29)10-20(22)36(12)19-5-7-31-23-17(27)3-2-16(26)21(19)23/h2-11,24H,1H3,(H,32,33,35). The first-order chi connectivity index (χ1) is 17.4. The minimum absolute atomic E-state index is 0.00424. The van der Waals surface area contributed by atoms with E-state index in [4.69, 9.17) is 4.98 Å². The van der Waals surface area contributed by atoms with Crippen molar-refractivity contribution in [1.82, 2.24) is 34.7 Å². The highest BCUT2D eigenvalue weighted by Crippen LogP contribution is 2.36. The van der Waals surface area contributed by atoms with Gasteiger partial charge in [-0.2, -0.15) is 5.10 Å². The zero-order valence-corrected chi connectivity index (χ0v) is 18.5. The number of hydrogen-bond acceptors (Lipinski definition) is 5. The van der Waals surface area contributed by atoms with Gasteiger partial charge in [-0.3, -0.25) is 19.6 Å². The van der Waals surface area contributed by atoms with Gasteiger partial charge in [0.15, 0.2) is 5.82 Å². The third kappa shape index (κ3) is 3.39. The van der Waals surface area contributed by atoms with E-state index in [1.54, 1.807) is 35.8 Å². The quantitative estimate of drug-likeness (QED) is 0.310. The summed E-state index contributed by atoms with van der Waals surface area (Å²) in [5.74, 6) is -0.402. The summed E-state index contributed by atoms with van der Waals surface area (Å²) >= 11 is 0. The van der Waals surface area contributed by atoms with E-state index in [-0.39, 0.29) is 16.6 Å². The summed E-state index contributed by atoms with van der Waals surface area (Å²) < 4.78 is 57.9. The molecule has 36 heavy (non-hydrogen) atoms. The SMILES string of the molecule is Cc1nc2c(-c3ncn[nH]3)cc(-c3ccnc(C(F)F)c3)cc2n1-c1ccnc2c(F)ccc(F)c12. The molecule has 0 radical (unpaired) electrons. The number of rotatable bonds is 4. The fourth-order valence-electron chi connectivity index (χ4n) is 4.39. The molecule has 0 aliphatic carbocycles. The molecular formula is C25H15F4N7. The normalized spacial score (nSPS) is 11.7. The van der Waals surface area contributed by atoms with E-state index in [9.17, 15) is 17.6 Å². The van der Waals surface area contributed by atoms with Crippen LogP contribution >= 0.6 is 0 Å². The predicted molar refractivity (Wildman–Crippen MR) is 125 cm³/mol. The number of hydrogen-bond donors (Lipinski definition) is 1. The second-order valence-electron chi connectivity index (χ2n) is 8.07. The predicted octanol–water partition coefficient (Wildman–Crippen LogP) is 5.95. The fraction of sp³-hybridized carbons (Fsp3) is 0.0800. The first-order valence-corrected chi connectivity index (χ1v) is 10.8. The van der Waals surface area contributed by atoms with Crippen LogP contribution in [-0.2, 0) is 0 Å². The van der Waals surface area contributed by atoms with Crippen LogP contribution in [0.4, 0.5) is 17.6 Å². The van der Waals surface area contributed by atoms with Gasteiger partial charge in [0.25, 0.3) is 6.43 Å². The Kier molecular flexibility index (Phi) is 4.99. The summed E-state index contributed by atoms with van der Waals surface area (Å²) in [4.78, 5) is 16.7. The summed E-state index contributed by atoms with van der Waals surface area (Å²) in [5, 5.41) is 6.72. The monoisotopic (exact) mass is 489 g/mol. The first kappa shape index (κ1) is 21.8. The van der Waals surface area contributed by atoms with Crippen LogP contribution in [0, 0.1) is 18.6 Å². The molecule has 0 bridgehead atoms. The molecule has 0 unspecified atom stereocenters. The minimum Gasteiger partial charge on any atom is -0.296 e. The van der Waals surface area contributed by atoms with Crippen molar-refractivity contribution in [2.75, 3.05) is 0 Å². The van der Waals surface area contributed by atoms with Crippen LogP contribution in [0.3, 0.4) is 0 Å². The molecule has 0 atom stereocenters. The minimum atomic E-state index is -2.74. The largest absolute Gasteiger partial charge is 0.296 e. The molecule has 0 amide bonds. The Morgan fingerprint density at radius 2 is 1.67 bits per heavy atom. The molecule has 1 N–H and O–H groups in total. The second kappa shape index (κ2) is 8.22. The van der Waals surface area contributed by atoms with E-state index in [0.717, 1.165) is 12.1 Å². The molecule has 0 fully saturated rings. The number of H-pyrrole nitrogens is 1. The summed E-state index contributed by atoms with van der Waals surface area (Å²) in [6, 6.07) is 10.1. The molecule has 4 aromatic heterocycles. The Labute approximate surface area is 200 Å². The molecular weight excluding hydrogens is 474 g/mol. The maximum Gasteiger partial charge on any atom is 0.280 e. The Morgan fingerprint density at radius 1 is 0.861 bits per heavy atom. The Balaban J connectivity index is 1.70. The smallest absolute Gasteiger partial charge is 0.280 e. The van der Waals surface area contributed by atoms with Crippen LogP contribution in [0.2, 0.25) is 0 Å². The zero-order valence-electron chi connectivity index (χ0n) is 18.5. The van der Waals surface area contributed by atoms with Crippen molar-refractivity contribution >= 4 is 21.9 Å². The van der Waals surface area contributed by atoms with Crippen molar-refractivity contribution in [3.8, 4) is 28.2 Å². The van der Waals surface area contributed by atoms with E-state index >= 15 is 0 Å². The number of benzene rings is 2. The number of halogens is 4. The Hall–Kier alpha value is -4.67. The molecule has 0 saturated heterocycles. The summed E-state index contributed by atoms with van der Waals surface area (Å²) in [6.07, 6.45) is 1.31. The molecule has 6 rings (SSSR count). The number of nitrogens with one attached hydrogen (secondary N) is 1. The average molecular weight is 489 g/mol. The van der Waals surface area contributed by atoms with E-state index in [2.05, 4.69) is 25.1 Å². The molecule has 6 aromatic rings. The average Bonchev–Trinajstić information content (AvgIpc) is 3.53. The van der Waals surface area contributed by atoms with Gasteiger partial charge < -0.3 is 0 Å². The van der Waals surface area contributed by atoms with Crippen LogP contribution in [0.1, 0.15) is 17.9 Å². The van der Waals surface area contributed by atoms with Crippen molar-refractivity contribution in [2.24, 2.45) is 0 Å². The van der Waals surface area contributed by atoms with Crippen molar-refractivity contribution in [3.05, 3.63) is 84.3 Å². The van der Waals surface area contributed by atoms with Gasteiger partial charge in [0.2, 0.25) is 0 Å². The highest BCUT2D eigenvalue weighted by atomic mass is 19.3. The number of imidazole rings is 1. The lowest BCUT2D eigenvalue weighted by molar-refractivity contribution is 0.146. The number of pyridine rings is 2. The lowest BCUT2D eigenvalue weighted by Gasteiger charge is -2.13. The molecule has 0 spiro atoms. The van der Waals surface area contributed by atoms with E-state index in [1.807, 2.05) is 0 Å². The van der Waals surface area contributed by atoms with Gasteiger partial charge >= 0.3 is 0 Å². The van der Waals surface area contributed by atoms with Crippen LogP contribution in [0.15, 0.2) is 61.2 Å². The van der Waals surface area contributed by atoms with Gasteiger partial charge in [-0.05, 0) is 60.5 Å². The maximum absolute atomic E-state index is 15.0. The van der Waals surface area contributed by atoms with Gasteiger partial charge in [-0.15, -0.1) is 0 Å². The molecule has 11 heteroatoms. The third-order valence-electron chi connectivity index (χ3n) is 5.95. The van der Waals surface area contributed by atoms with Crippen LogP contribution in [0.5, 0.6) is 0 Å². The summed E-state index contributed by atoms with van der Waals surface area (Å²) in [5.41, 5.74) is 2.52. The number of aromatic amines is 1. The summed E-state index contributed by atoms with van der Waals surface area (Å²) in [6.45, 7) is 1.73. The molecule has 4 heterocycles. The number of nitrogens with zero attached hydrogens (tertiary/aromatic N) is 6. The van der Waals surface area contributed by atoms with Gasteiger partial charge in [-0.1, -0.05) is 0 Å². The highest BCUT2D eigenvalue weighted by molar-refractivity contribution is 5.98. The van der Waals surface area contributed by atoms with Crippen molar-refractivity contribution in [2.45, 2.75) is 13.3 Å². The highest BCUT2D eigenvalue weighted by Gasteiger charge is 2.21. The third-order valence-corrected chi connectivity index (χ3v) is 5.95. The van der Waals surface area contributed by atoms with E-state index in [1.165, 1.54) is 24.8 Å². The van der Waals surface area contributed by atoms with E-state index in [0.29, 0.717) is 45.1 Å². The molecule has 0 aliphatic rings. The van der Waals surface area contributed by atoms with Gasteiger partial charge in [0, 0.05) is 18.0 Å². The van der Waals surface area contributed by atoms with Gasteiger partial charge in [0.1, 0.15) is 40.5 Å². The lowest BCUT2D eigenvalue weighted by Crippen LogP contribution is -2.01. The van der Waals surface area contributed by atoms with Crippen LogP contribution in [0.25, 0.3) is 50.1 Å². The number of aryl methyl sites for hydroxylation is 1. The topological polar surface area (TPSA) is 85.2 Å². The number of fused-ring (bicyclic) bond motifs is 2. The molecule has 0 aliphatic heterocycles. The van der Waals surface area contributed by atoms with Crippen LogP contribution < -0.4 is 0 Å². The second-order valence-corrected chi connectivity index (χ2v) is 8.07. The number of aromatic nitrogens is 7. The molecule has 0 saturated carbocycles. The van der Waals surface area contributed by atoms with Crippen molar-refractivity contribution in [1.29, 1.82) is 0 Å². The fourth-order valence-corrected chi connectivity index (χ4v) is 4.39. The van der Waals surface area contributed by atoms with Crippen molar-refractivity contribution in [3.63, 3.8) is 0 Å². The number of alkyl halides is 2. The van der Waals surface area contributed by atoms with Gasteiger partial charge in [0.05, 0.1) is 16.6 Å². The summed E-state index contributed by atoms with van der Waals surface area (Å²) in [7, 11) is 0. The van der Waals surface area contributed by atoms with Gasteiger partial charge in [-0.25, -0.2) is 27.5 Å².